The van der Waals surface area contributed by atoms with Gasteiger partial charge in [0.2, 0.25) is 0 Å². The lowest BCUT2D eigenvalue weighted by molar-refractivity contribution is -0.144. The van der Waals surface area contributed by atoms with Gasteiger partial charge in [0, 0.05) is 13.1 Å². The molecule has 0 saturated heterocycles. The SMILES string of the molecule is O=C(O)[C@H]1Cc2ccc(F)cc2CN1Cc1ccc(F)cc1. The minimum absolute atomic E-state index is 0.325. The van der Waals surface area contributed by atoms with Crippen molar-refractivity contribution in [3.05, 3.63) is 70.8 Å². The minimum atomic E-state index is -0.905. The van der Waals surface area contributed by atoms with E-state index in [1.54, 1.807) is 23.1 Å². The zero-order valence-corrected chi connectivity index (χ0v) is 11.8. The van der Waals surface area contributed by atoms with Crippen LogP contribution in [0.15, 0.2) is 42.5 Å². The Morgan fingerprint density at radius 1 is 1.09 bits per heavy atom. The van der Waals surface area contributed by atoms with Crippen LogP contribution in [0.25, 0.3) is 0 Å². The highest BCUT2D eigenvalue weighted by molar-refractivity contribution is 5.74. The highest BCUT2D eigenvalue weighted by Crippen LogP contribution is 2.26. The van der Waals surface area contributed by atoms with E-state index in [1.807, 2.05) is 0 Å². The van der Waals surface area contributed by atoms with E-state index in [-0.39, 0.29) is 11.6 Å². The zero-order chi connectivity index (χ0) is 15.7. The van der Waals surface area contributed by atoms with E-state index in [0.29, 0.717) is 19.5 Å². The van der Waals surface area contributed by atoms with Crippen molar-refractivity contribution < 1.29 is 18.7 Å². The molecule has 0 bridgehead atoms. The summed E-state index contributed by atoms with van der Waals surface area (Å²) in [7, 11) is 0. The average molecular weight is 303 g/mol. The summed E-state index contributed by atoms with van der Waals surface area (Å²) in [5.41, 5.74) is 2.50. The maximum absolute atomic E-state index is 13.4. The van der Waals surface area contributed by atoms with Gasteiger partial charge in [0.1, 0.15) is 17.7 Å². The first kappa shape index (κ1) is 14.7. The van der Waals surface area contributed by atoms with Crippen LogP contribution < -0.4 is 0 Å². The van der Waals surface area contributed by atoms with Gasteiger partial charge in [0.25, 0.3) is 0 Å². The van der Waals surface area contributed by atoms with E-state index >= 15 is 0 Å². The van der Waals surface area contributed by atoms with E-state index in [4.69, 9.17) is 0 Å². The van der Waals surface area contributed by atoms with Gasteiger partial charge in [-0.2, -0.15) is 0 Å². The quantitative estimate of drug-likeness (QED) is 0.947. The fourth-order valence-corrected chi connectivity index (χ4v) is 2.84. The molecule has 0 unspecified atom stereocenters. The van der Waals surface area contributed by atoms with Crippen LogP contribution in [0.4, 0.5) is 8.78 Å². The fraction of sp³-hybridized carbons (Fsp3) is 0.235. The molecule has 3 rings (SSSR count). The Morgan fingerprint density at radius 2 is 1.77 bits per heavy atom. The largest absolute Gasteiger partial charge is 0.480 e. The van der Waals surface area contributed by atoms with Crippen molar-refractivity contribution in [2.75, 3.05) is 0 Å². The van der Waals surface area contributed by atoms with Crippen LogP contribution in [0, 0.1) is 11.6 Å². The number of benzene rings is 2. The van der Waals surface area contributed by atoms with Crippen LogP contribution in [-0.4, -0.2) is 22.0 Å². The zero-order valence-electron chi connectivity index (χ0n) is 11.8. The summed E-state index contributed by atoms with van der Waals surface area (Å²) in [4.78, 5) is 13.3. The molecule has 0 spiro atoms. The van der Waals surface area contributed by atoms with Crippen LogP contribution in [0.3, 0.4) is 0 Å². The first-order valence-corrected chi connectivity index (χ1v) is 7.01. The second kappa shape index (κ2) is 5.85. The van der Waals surface area contributed by atoms with Crippen LogP contribution >= 0.6 is 0 Å². The summed E-state index contributed by atoms with van der Waals surface area (Å²) in [5, 5.41) is 9.44. The molecule has 0 fully saturated rings. The monoisotopic (exact) mass is 303 g/mol. The van der Waals surface area contributed by atoms with Crippen LogP contribution in [-0.2, 0) is 24.3 Å². The van der Waals surface area contributed by atoms with Gasteiger partial charge in [-0.1, -0.05) is 18.2 Å². The number of rotatable bonds is 3. The maximum atomic E-state index is 13.4. The molecule has 3 nitrogen and oxygen atoms in total. The molecule has 0 amide bonds. The van der Waals surface area contributed by atoms with Gasteiger partial charge in [-0.25, -0.2) is 8.78 Å². The molecule has 0 aliphatic carbocycles. The van der Waals surface area contributed by atoms with E-state index in [1.165, 1.54) is 24.3 Å². The normalized spacial score (nSPS) is 18.0. The van der Waals surface area contributed by atoms with Gasteiger partial charge < -0.3 is 5.11 Å². The molecule has 1 heterocycles. The molecule has 0 saturated carbocycles. The molecule has 0 radical (unpaired) electrons. The number of carbonyl (C=O) groups is 1. The predicted molar refractivity (Wildman–Crippen MR) is 77.2 cm³/mol. The average Bonchev–Trinajstić information content (AvgIpc) is 2.48. The van der Waals surface area contributed by atoms with Gasteiger partial charge in [0.05, 0.1) is 0 Å². The van der Waals surface area contributed by atoms with Crippen molar-refractivity contribution >= 4 is 5.97 Å². The lowest BCUT2D eigenvalue weighted by Crippen LogP contribution is -2.45. The summed E-state index contributed by atoms with van der Waals surface area (Å²) >= 11 is 0. The van der Waals surface area contributed by atoms with Gasteiger partial charge >= 0.3 is 5.97 Å². The Labute approximate surface area is 126 Å². The third-order valence-corrected chi connectivity index (χ3v) is 3.98. The molecule has 114 valence electrons. The van der Waals surface area contributed by atoms with E-state index in [0.717, 1.165) is 16.7 Å². The first-order chi connectivity index (χ1) is 10.5. The standard InChI is InChI=1S/C17H15F2NO2/c18-14-4-1-11(2-5-14)9-20-10-13-7-15(19)6-3-12(13)8-16(20)17(21)22/h1-7,16H,8-10H2,(H,21,22)/t16-/m1/s1. The highest BCUT2D eigenvalue weighted by atomic mass is 19.1. The Balaban J connectivity index is 1.87. The third-order valence-electron chi connectivity index (χ3n) is 3.98. The number of hydrogen-bond acceptors (Lipinski definition) is 2. The predicted octanol–water partition coefficient (Wildman–Crippen LogP) is 2.98. The van der Waals surface area contributed by atoms with Crippen molar-refractivity contribution in [1.29, 1.82) is 0 Å². The molecular formula is C17H15F2NO2. The first-order valence-electron chi connectivity index (χ1n) is 7.01. The molecule has 1 aliphatic heterocycles. The minimum Gasteiger partial charge on any atom is -0.480 e. The molecule has 0 aromatic heterocycles. The number of fused-ring (bicyclic) bond motifs is 1. The van der Waals surface area contributed by atoms with E-state index < -0.39 is 12.0 Å². The summed E-state index contributed by atoms with van der Waals surface area (Å²) in [6.07, 6.45) is 0.339. The lowest BCUT2D eigenvalue weighted by Gasteiger charge is -2.34. The second-order valence-corrected chi connectivity index (χ2v) is 5.50. The third kappa shape index (κ3) is 2.99. The van der Waals surface area contributed by atoms with Crippen molar-refractivity contribution in [3.8, 4) is 0 Å². The number of carboxylic acid groups (broad SMARTS) is 1. The van der Waals surface area contributed by atoms with Crippen molar-refractivity contribution in [3.63, 3.8) is 0 Å². The Morgan fingerprint density at radius 3 is 2.45 bits per heavy atom. The number of carboxylic acids is 1. The Hall–Kier alpha value is -2.27. The summed E-state index contributed by atoms with van der Waals surface area (Å²) < 4.78 is 26.3. The molecule has 5 heteroatoms. The maximum Gasteiger partial charge on any atom is 0.321 e. The van der Waals surface area contributed by atoms with Crippen molar-refractivity contribution in [2.45, 2.75) is 25.6 Å². The highest BCUT2D eigenvalue weighted by Gasteiger charge is 2.31. The number of hydrogen-bond donors (Lipinski definition) is 1. The molecule has 22 heavy (non-hydrogen) atoms. The lowest BCUT2D eigenvalue weighted by atomic mass is 9.93. The van der Waals surface area contributed by atoms with Crippen LogP contribution in [0.2, 0.25) is 0 Å². The van der Waals surface area contributed by atoms with Gasteiger partial charge in [-0.3, -0.25) is 9.69 Å². The van der Waals surface area contributed by atoms with E-state index in [9.17, 15) is 18.7 Å². The van der Waals surface area contributed by atoms with Gasteiger partial charge in [0.15, 0.2) is 0 Å². The molecule has 2 aromatic rings. The molecular weight excluding hydrogens is 288 g/mol. The Bertz CT molecular complexity index is 700. The molecule has 1 aliphatic rings. The smallest absolute Gasteiger partial charge is 0.321 e. The summed E-state index contributed by atoms with van der Waals surface area (Å²) in [6.45, 7) is 0.745. The second-order valence-electron chi connectivity index (χ2n) is 5.50. The van der Waals surface area contributed by atoms with Gasteiger partial charge in [-0.15, -0.1) is 0 Å². The summed E-state index contributed by atoms with van der Waals surface area (Å²) in [6, 6.07) is 9.76. The summed E-state index contributed by atoms with van der Waals surface area (Å²) in [5.74, 6) is -1.56. The topological polar surface area (TPSA) is 40.5 Å². The Kier molecular flexibility index (Phi) is 3.90. The van der Waals surface area contributed by atoms with Crippen LogP contribution in [0.1, 0.15) is 16.7 Å². The molecule has 1 atom stereocenters. The van der Waals surface area contributed by atoms with Crippen molar-refractivity contribution in [2.24, 2.45) is 0 Å². The molecule has 1 N–H and O–H groups in total. The number of aliphatic carboxylic acids is 1. The fourth-order valence-electron chi connectivity index (χ4n) is 2.84. The van der Waals surface area contributed by atoms with Gasteiger partial charge in [-0.05, 0) is 47.4 Å². The number of nitrogens with zero attached hydrogens (tertiary/aromatic N) is 1. The number of halogens is 2. The van der Waals surface area contributed by atoms with E-state index in [2.05, 4.69) is 0 Å². The molecule has 2 aromatic carbocycles. The van der Waals surface area contributed by atoms with Crippen molar-refractivity contribution in [1.82, 2.24) is 4.90 Å². The van der Waals surface area contributed by atoms with Crippen LogP contribution in [0.5, 0.6) is 0 Å².